The molecule has 110 valence electrons. The molecule has 1 heterocycles. The second-order valence-corrected chi connectivity index (χ2v) is 5.79. The second-order valence-electron chi connectivity index (χ2n) is 5.79. The Morgan fingerprint density at radius 3 is 2.90 bits per heavy atom. The Labute approximate surface area is 120 Å². The van der Waals surface area contributed by atoms with Crippen LogP contribution in [0.5, 0.6) is 0 Å². The molecule has 0 spiro atoms. The molecule has 1 saturated heterocycles. The predicted molar refractivity (Wildman–Crippen MR) is 79.8 cm³/mol. The van der Waals surface area contributed by atoms with E-state index in [1.54, 1.807) is 12.1 Å². The number of nitro groups is 1. The Bertz CT molecular complexity index is 478. The summed E-state index contributed by atoms with van der Waals surface area (Å²) in [7, 11) is 2.16. The predicted octanol–water partition coefficient (Wildman–Crippen LogP) is 2.73. The van der Waals surface area contributed by atoms with Crippen LogP contribution < -0.4 is 5.32 Å². The topological polar surface area (TPSA) is 58.4 Å². The van der Waals surface area contributed by atoms with Gasteiger partial charge in [-0.05, 0) is 45.8 Å². The minimum absolute atomic E-state index is 0.135. The summed E-state index contributed by atoms with van der Waals surface area (Å²) in [6.07, 6.45) is 2.25. The SMILES string of the molecule is CC(NC1CCN(C)C(C)C1)c1cccc([N+](=O)[O-])c1. The first kappa shape index (κ1) is 14.9. The van der Waals surface area contributed by atoms with Crippen molar-refractivity contribution in [3.05, 3.63) is 39.9 Å². The van der Waals surface area contributed by atoms with Gasteiger partial charge in [0.05, 0.1) is 4.92 Å². The summed E-state index contributed by atoms with van der Waals surface area (Å²) in [6.45, 7) is 5.41. The van der Waals surface area contributed by atoms with Crippen molar-refractivity contribution >= 4 is 5.69 Å². The smallest absolute Gasteiger partial charge is 0.269 e. The second kappa shape index (κ2) is 6.33. The fraction of sp³-hybridized carbons (Fsp3) is 0.600. The molecule has 1 N–H and O–H groups in total. The minimum Gasteiger partial charge on any atom is -0.307 e. The summed E-state index contributed by atoms with van der Waals surface area (Å²) in [5, 5.41) is 14.4. The molecule has 3 atom stereocenters. The molecular weight excluding hydrogens is 254 g/mol. The lowest BCUT2D eigenvalue weighted by Crippen LogP contribution is -2.46. The number of nitrogens with one attached hydrogen (secondary N) is 1. The number of benzene rings is 1. The zero-order chi connectivity index (χ0) is 14.7. The van der Waals surface area contributed by atoms with Gasteiger partial charge in [0.1, 0.15) is 0 Å². The Balaban J connectivity index is 1.99. The van der Waals surface area contributed by atoms with Crippen molar-refractivity contribution in [2.24, 2.45) is 0 Å². The van der Waals surface area contributed by atoms with Crippen molar-refractivity contribution < 1.29 is 4.92 Å². The molecule has 1 aromatic carbocycles. The van der Waals surface area contributed by atoms with E-state index >= 15 is 0 Å². The number of hydrogen-bond donors (Lipinski definition) is 1. The van der Waals surface area contributed by atoms with E-state index in [4.69, 9.17) is 0 Å². The average Bonchev–Trinajstić information content (AvgIpc) is 2.43. The molecule has 0 bridgehead atoms. The van der Waals surface area contributed by atoms with Crippen molar-refractivity contribution in [2.75, 3.05) is 13.6 Å². The van der Waals surface area contributed by atoms with Crippen LogP contribution in [0.15, 0.2) is 24.3 Å². The average molecular weight is 277 g/mol. The van der Waals surface area contributed by atoms with Crippen LogP contribution in [0, 0.1) is 10.1 Å². The van der Waals surface area contributed by atoms with Gasteiger partial charge in [-0.3, -0.25) is 10.1 Å². The first-order chi connectivity index (χ1) is 9.47. The van der Waals surface area contributed by atoms with E-state index in [1.807, 2.05) is 6.07 Å². The molecular formula is C15H23N3O2. The Morgan fingerprint density at radius 2 is 2.25 bits per heavy atom. The number of hydrogen-bond acceptors (Lipinski definition) is 4. The van der Waals surface area contributed by atoms with Crippen molar-refractivity contribution in [3.8, 4) is 0 Å². The first-order valence-corrected chi connectivity index (χ1v) is 7.18. The van der Waals surface area contributed by atoms with Gasteiger partial charge in [-0.2, -0.15) is 0 Å². The maximum Gasteiger partial charge on any atom is 0.269 e. The maximum absolute atomic E-state index is 10.8. The standard InChI is InChI=1S/C15H23N3O2/c1-11-9-14(7-8-17(11)3)16-12(2)13-5-4-6-15(10-13)18(19)20/h4-6,10-12,14,16H,7-9H2,1-3H3. The molecule has 1 aliphatic heterocycles. The quantitative estimate of drug-likeness (QED) is 0.679. The van der Waals surface area contributed by atoms with Crippen molar-refractivity contribution in [1.82, 2.24) is 10.2 Å². The highest BCUT2D eigenvalue weighted by molar-refractivity contribution is 5.35. The third-order valence-electron chi connectivity index (χ3n) is 4.28. The molecule has 5 nitrogen and oxygen atoms in total. The molecule has 1 aromatic rings. The van der Waals surface area contributed by atoms with E-state index in [9.17, 15) is 10.1 Å². The van der Waals surface area contributed by atoms with E-state index < -0.39 is 0 Å². The summed E-state index contributed by atoms with van der Waals surface area (Å²) in [4.78, 5) is 12.9. The molecule has 1 fully saturated rings. The van der Waals surface area contributed by atoms with Crippen molar-refractivity contribution in [2.45, 2.75) is 44.8 Å². The summed E-state index contributed by atoms with van der Waals surface area (Å²) in [5.74, 6) is 0. The van der Waals surface area contributed by atoms with Crippen LogP contribution in [-0.4, -0.2) is 35.5 Å². The van der Waals surface area contributed by atoms with E-state index in [0.29, 0.717) is 12.1 Å². The monoisotopic (exact) mass is 277 g/mol. The van der Waals surface area contributed by atoms with Gasteiger partial charge in [0.15, 0.2) is 0 Å². The van der Waals surface area contributed by atoms with E-state index in [-0.39, 0.29) is 16.7 Å². The van der Waals surface area contributed by atoms with Crippen LogP contribution in [0.4, 0.5) is 5.69 Å². The molecule has 0 aliphatic carbocycles. The highest BCUT2D eigenvalue weighted by atomic mass is 16.6. The Kier molecular flexibility index (Phi) is 4.73. The van der Waals surface area contributed by atoms with Gasteiger partial charge in [0.2, 0.25) is 0 Å². The van der Waals surface area contributed by atoms with E-state index in [2.05, 4.69) is 31.1 Å². The largest absolute Gasteiger partial charge is 0.307 e. The van der Waals surface area contributed by atoms with Gasteiger partial charge in [-0.1, -0.05) is 12.1 Å². The van der Waals surface area contributed by atoms with Gasteiger partial charge in [0, 0.05) is 30.3 Å². The van der Waals surface area contributed by atoms with Gasteiger partial charge < -0.3 is 10.2 Å². The zero-order valence-corrected chi connectivity index (χ0v) is 12.4. The molecule has 0 amide bonds. The lowest BCUT2D eigenvalue weighted by atomic mass is 9.97. The van der Waals surface area contributed by atoms with Gasteiger partial charge >= 0.3 is 0 Å². The molecule has 20 heavy (non-hydrogen) atoms. The number of nitro benzene ring substituents is 1. The van der Waals surface area contributed by atoms with Gasteiger partial charge in [-0.25, -0.2) is 0 Å². The van der Waals surface area contributed by atoms with E-state index in [0.717, 1.165) is 24.9 Å². The van der Waals surface area contributed by atoms with Crippen LogP contribution in [0.3, 0.4) is 0 Å². The van der Waals surface area contributed by atoms with Gasteiger partial charge in [-0.15, -0.1) is 0 Å². The maximum atomic E-state index is 10.8. The summed E-state index contributed by atoms with van der Waals surface area (Å²) >= 11 is 0. The summed E-state index contributed by atoms with van der Waals surface area (Å²) in [5.41, 5.74) is 1.14. The fourth-order valence-electron chi connectivity index (χ4n) is 2.80. The Hall–Kier alpha value is -1.46. The molecule has 0 aromatic heterocycles. The number of rotatable bonds is 4. The fourth-order valence-corrected chi connectivity index (χ4v) is 2.80. The zero-order valence-electron chi connectivity index (χ0n) is 12.4. The number of piperidine rings is 1. The first-order valence-electron chi connectivity index (χ1n) is 7.18. The lowest BCUT2D eigenvalue weighted by Gasteiger charge is -2.36. The van der Waals surface area contributed by atoms with Crippen LogP contribution in [0.2, 0.25) is 0 Å². The normalized spacial score (nSPS) is 25.4. The molecule has 0 radical (unpaired) electrons. The Morgan fingerprint density at radius 1 is 1.50 bits per heavy atom. The molecule has 5 heteroatoms. The summed E-state index contributed by atoms with van der Waals surface area (Å²) < 4.78 is 0. The van der Waals surface area contributed by atoms with E-state index in [1.165, 1.54) is 6.07 Å². The van der Waals surface area contributed by atoms with Crippen LogP contribution in [0.1, 0.15) is 38.3 Å². The highest BCUT2D eigenvalue weighted by Gasteiger charge is 2.24. The number of likely N-dealkylation sites (tertiary alicyclic amines) is 1. The molecule has 0 saturated carbocycles. The molecule has 3 unspecified atom stereocenters. The van der Waals surface area contributed by atoms with Crippen molar-refractivity contribution in [3.63, 3.8) is 0 Å². The summed E-state index contributed by atoms with van der Waals surface area (Å²) in [6, 6.07) is 8.10. The van der Waals surface area contributed by atoms with Gasteiger partial charge in [0.25, 0.3) is 5.69 Å². The highest BCUT2D eigenvalue weighted by Crippen LogP contribution is 2.22. The number of nitrogens with zero attached hydrogens (tertiary/aromatic N) is 2. The van der Waals surface area contributed by atoms with Crippen LogP contribution in [-0.2, 0) is 0 Å². The van der Waals surface area contributed by atoms with Crippen molar-refractivity contribution in [1.29, 1.82) is 0 Å². The lowest BCUT2D eigenvalue weighted by molar-refractivity contribution is -0.384. The molecule has 2 rings (SSSR count). The third-order valence-corrected chi connectivity index (χ3v) is 4.28. The van der Waals surface area contributed by atoms with Crippen LogP contribution >= 0.6 is 0 Å². The number of non-ortho nitro benzene ring substituents is 1. The molecule has 1 aliphatic rings. The third kappa shape index (κ3) is 3.55. The van der Waals surface area contributed by atoms with Crippen LogP contribution in [0.25, 0.3) is 0 Å². The minimum atomic E-state index is -0.339.